The number of allylic oxidation sites excluding steroid dienone is 19. The number of carbonyl (C=O) groups is 2. The third-order valence-corrected chi connectivity index (χ3v) is 8.54. The average Bonchev–Trinajstić information content (AvgIpc) is 3.16. The maximum atomic E-state index is 13.0. The molecule has 0 fully saturated rings. The van der Waals surface area contributed by atoms with Crippen LogP contribution in [-0.2, 0) is 14.3 Å². The van der Waals surface area contributed by atoms with Crippen LogP contribution >= 0.6 is 0 Å². The summed E-state index contributed by atoms with van der Waals surface area (Å²) in [6.07, 6.45) is 55.7. The monoisotopic (exact) mass is 746 g/mol. The van der Waals surface area contributed by atoms with Gasteiger partial charge in [-0.05, 0) is 32.1 Å². The highest BCUT2D eigenvalue weighted by atomic mass is 16.5. The van der Waals surface area contributed by atoms with Crippen LogP contribution in [0.5, 0.6) is 0 Å². The van der Waals surface area contributed by atoms with Crippen LogP contribution < -0.4 is 5.32 Å². The lowest BCUT2D eigenvalue weighted by molar-refractivity contribution is -0.150. The maximum Gasteiger partial charge on any atom is 0.306 e. The molecule has 3 atom stereocenters. The highest BCUT2D eigenvalue weighted by Gasteiger charge is 2.23. The average molecular weight is 746 g/mol. The van der Waals surface area contributed by atoms with E-state index in [1.165, 1.54) is 51.4 Å². The molecule has 0 spiro atoms. The predicted molar refractivity (Wildman–Crippen MR) is 231 cm³/mol. The first-order chi connectivity index (χ1) is 26.5. The number of aliphatic hydroxyl groups excluding tert-OH is 2. The van der Waals surface area contributed by atoms with Crippen molar-refractivity contribution < 1.29 is 24.5 Å². The topological polar surface area (TPSA) is 95.9 Å². The molecule has 54 heavy (non-hydrogen) atoms. The van der Waals surface area contributed by atoms with Crippen LogP contribution in [0.2, 0.25) is 0 Å². The summed E-state index contributed by atoms with van der Waals surface area (Å²) < 4.78 is 5.75. The van der Waals surface area contributed by atoms with E-state index in [1.807, 2.05) is 109 Å². The summed E-state index contributed by atoms with van der Waals surface area (Å²) in [4.78, 5) is 25.8. The molecule has 1 amide bonds. The van der Waals surface area contributed by atoms with Crippen LogP contribution in [0.3, 0.4) is 0 Å². The first kappa shape index (κ1) is 50.3. The smallest absolute Gasteiger partial charge is 0.306 e. The molecule has 0 radical (unpaired) electrons. The van der Waals surface area contributed by atoms with Crippen LogP contribution in [0.4, 0.5) is 0 Å². The van der Waals surface area contributed by atoms with Crippen molar-refractivity contribution in [2.45, 2.75) is 161 Å². The molecular weight excluding hydrogens is 671 g/mol. The fraction of sp³-hybridized carbons (Fsp3) is 0.542. The van der Waals surface area contributed by atoms with E-state index in [-0.39, 0.29) is 31.3 Å². The SMILES string of the molecule is CC/C=C/C=C/C=C\C=C/C=C/CCCC(=O)OC(C/C=C/C=C\C=C/C=C/C=C/CC)CC(=O)NC(CO)C(O)CCCCCCCCCCCCC. The van der Waals surface area contributed by atoms with Crippen LogP contribution in [0.15, 0.2) is 122 Å². The second-order valence-corrected chi connectivity index (χ2v) is 13.5. The van der Waals surface area contributed by atoms with Gasteiger partial charge in [0.25, 0.3) is 0 Å². The number of nitrogens with one attached hydrogen (secondary N) is 1. The summed E-state index contributed by atoms with van der Waals surface area (Å²) in [5.41, 5.74) is 0. The van der Waals surface area contributed by atoms with Crippen LogP contribution in [0.1, 0.15) is 143 Å². The summed E-state index contributed by atoms with van der Waals surface area (Å²) in [7, 11) is 0. The summed E-state index contributed by atoms with van der Waals surface area (Å²) in [5, 5.41) is 23.5. The van der Waals surface area contributed by atoms with Gasteiger partial charge in [-0.15, -0.1) is 0 Å². The van der Waals surface area contributed by atoms with Crippen molar-refractivity contribution in [2.75, 3.05) is 6.61 Å². The number of hydrogen-bond acceptors (Lipinski definition) is 5. The fourth-order valence-corrected chi connectivity index (χ4v) is 5.42. The molecule has 0 aliphatic rings. The zero-order chi connectivity index (χ0) is 39.6. The number of ether oxygens (including phenoxy) is 1. The number of hydrogen-bond donors (Lipinski definition) is 3. The Morgan fingerprint density at radius 2 is 1.02 bits per heavy atom. The largest absolute Gasteiger partial charge is 0.461 e. The maximum absolute atomic E-state index is 13.0. The fourth-order valence-electron chi connectivity index (χ4n) is 5.42. The van der Waals surface area contributed by atoms with Gasteiger partial charge < -0.3 is 20.3 Å². The quantitative estimate of drug-likeness (QED) is 0.0346. The van der Waals surface area contributed by atoms with Gasteiger partial charge >= 0.3 is 5.97 Å². The van der Waals surface area contributed by atoms with Gasteiger partial charge in [0, 0.05) is 12.8 Å². The molecule has 0 aliphatic heterocycles. The van der Waals surface area contributed by atoms with E-state index in [2.05, 4.69) is 38.2 Å². The minimum Gasteiger partial charge on any atom is -0.461 e. The molecule has 0 aromatic carbocycles. The van der Waals surface area contributed by atoms with Crippen molar-refractivity contribution in [3.8, 4) is 0 Å². The molecule has 3 N–H and O–H groups in total. The molecule has 0 rings (SSSR count). The van der Waals surface area contributed by atoms with E-state index in [4.69, 9.17) is 4.74 Å². The number of carbonyl (C=O) groups excluding carboxylic acids is 2. The van der Waals surface area contributed by atoms with E-state index in [9.17, 15) is 19.8 Å². The molecule has 0 aromatic rings. The van der Waals surface area contributed by atoms with Crippen molar-refractivity contribution >= 4 is 11.9 Å². The van der Waals surface area contributed by atoms with Gasteiger partial charge in [-0.3, -0.25) is 9.59 Å². The number of aliphatic hydroxyl groups is 2. The summed E-state index contributed by atoms with van der Waals surface area (Å²) >= 11 is 0. The summed E-state index contributed by atoms with van der Waals surface area (Å²) in [6.45, 7) is 6.08. The van der Waals surface area contributed by atoms with E-state index < -0.39 is 18.2 Å². The van der Waals surface area contributed by atoms with Crippen molar-refractivity contribution in [3.63, 3.8) is 0 Å². The zero-order valence-corrected chi connectivity index (χ0v) is 34.0. The number of esters is 1. The molecule has 6 heteroatoms. The van der Waals surface area contributed by atoms with Crippen LogP contribution in [0.25, 0.3) is 0 Å². The second-order valence-electron chi connectivity index (χ2n) is 13.5. The minimum atomic E-state index is -0.835. The van der Waals surface area contributed by atoms with Gasteiger partial charge in [0.2, 0.25) is 5.91 Å². The molecule has 3 unspecified atom stereocenters. The Morgan fingerprint density at radius 1 is 0.574 bits per heavy atom. The Hall–Kier alpha value is -3.74. The second kappa shape index (κ2) is 40.4. The Kier molecular flexibility index (Phi) is 37.6. The Labute approximate surface area is 330 Å². The molecule has 0 saturated carbocycles. The predicted octanol–water partition coefficient (Wildman–Crippen LogP) is 11.8. The van der Waals surface area contributed by atoms with Crippen molar-refractivity contribution in [1.82, 2.24) is 5.32 Å². The van der Waals surface area contributed by atoms with E-state index in [0.717, 1.165) is 38.5 Å². The number of unbranched alkanes of at least 4 members (excludes halogenated alkanes) is 11. The Morgan fingerprint density at radius 3 is 1.50 bits per heavy atom. The first-order valence-electron chi connectivity index (χ1n) is 20.9. The lowest BCUT2D eigenvalue weighted by atomic mass is 10.0. The summed E-state index contributed by atoms with van der Waals surface area (Å²) in [5.74, 6) is -0.716. The Bertz CT molecular complexity index is 1200. The van der Waals surface area contributed by atoms with E-state index in [0.29, 0.717) is 19.3 Å². The van der Waals surface area contributed by atoms with Crippen LogP contribution in [-0.4, -0.2) is 46.9 Å². The third-order valence-electron chi connectivity index (χ3n) is 8.54. The van der Waals surface area contributed by atoms with Crippen molar-refractivity contribution in [2.24, 2.45) is 0 Å². The minimum absolute atomic E-state index is 0.0558. The van der Waals surface area contributed by atoms with Gasteiger partial charge in [-0.25, -0.2) is 0 Å². The number of amides is 1. The standard InChI is InChI=1S/C48H75NO5/c1-4-7-10-13-16-19-22-23-26-29-32-35-38-41-48(53)54-44(39-36-33-30-27-24-20-17-14-11-8-5-2)42-47(52)49-45(43-50)46(51)40-37-34-31-28-25-21-18-15-12-9-6-3/h7-8,10-11,13-14,16-17,19-20,22-24,26-27,29-30,32-33,36,44-46,50-51H,4-6,9,12,15,18,21,25,28,31,34-35,37-43H2,1-3H3,(H,49,52)/b10-7+,11-8+,16-13+,17-14+,22-19-,24-20-,26-23-,30-27-,32-29+,36-33+. The highest BCUT2D eigenvalue weighted by molar-refractivity contribution is 5.77. The van der Waals surface area contributed by atoms with Gasteiger partial charge in [-0.1, -0.05) is 213 Å². The molecular formula is C48H75NO5. The Balaban J connectivity index is 4.92. The molecule has 0 heterocycles. The summed E-state index contributed by atoms with van der Waals surface area (Å²) in [6, 6.07) is -0.760. The van der Waals surface area contributed by atoms with Gasteiger partial charge in [0.05, 0.1) is 25.2 Å². The van der Waals surface area contributed by atoms with E-state index in [1.54, 1.807) is 0 Å². The zero-order valence-electron chi connectivity index (χ0n) is 34.0. The van der Waals surface area contributed by atoms with Crippen molar-refractivity contribution in [3.05, 3.63) is 122 Å². The lowest BCUT2D eigenvalue weighted by Gasteiger charge is -2.24. The number of rotatable bonds is 34. The molecule has 6 nitrogen and oxygen atoms in total. The molecule has 0 saturated heterocycles. The lowest BCUT2D eigenvalue weighted by Crippen LogP contribution is -2.46. The van der Waals surface area contributed by atoms with Crippen molar-refractivity contribution in [1.29, 1.82) is 0 Å². The molecule has 302 valence electrons. The van der Waals surface area contributed by atoms with Gasteiger partial charge in [-0.2, -0.15) is 0 Å². The molecule has 0 bridgehead atoms. The molecule has 0 aromatic heterocycles. The molecule has 0 aliphatic carbocycles. The first-order valence-corrected chi connectivity index (χ1v) is 20.9. The van der Waals surface area contributed by atoms with Crippen LogP contribution in [0, 0.1) is 0 Å². The highest BCUT2D eigenvalue weighted by Crippen LogP contribution is 2.14. The normalized spacial score (nSPS) is 14.7. The van der Waals surface area contributed by atoms with Gasteiger partial charge in [0.1, 0.15) is 6.10 Å². The van der Waals surface area contributed by atoms with Gasteiger partial charge in [0.15, 0.2) is 0 Å². The van der Waals surface area contributed by atoms with E-state index >= 15 is 0 Å². The third kappa shape index (κ3) is 35.3.